The van der Waals surface area contributed by atoms with Crippen LogP contribution in [0.3, 0.4) is 0 Å². The van der Waals surface area contributed by atoms with Crippen LogP contribution in [0.2, 0.25) is 0 Å². The smallest absolute Gasteiger partial charge is 0.338 e. The van der Waals surface area contributed by atoms with Gasteiger partial charge in [-0.3, -0.25) is 0 Å². The van der Waals surface area contributed by atoms with Gasteiger partial charge in [-0.2, -0.15) is 0 Å². The van der Waals surface area contributed by atoms with E-state index in [9.17, 15) is 4.79 Å². The number of piperidine rings is 1. The van der Waals surface area contributed by atoms with E-state index in [1.165, 1.54) is 28.9 Å². The topological polar surface area (TPSA) is 83.3 Å². The zero-order chi connectivity index (χ0) is 20.2. The monoisotopic (exact) mass is 393 g/mol. The molecule has 0 atom stereocenters. The molecule has 1 aliphatic rings. The number of nitrogens with zero attached hydrogens (tertiary/aromatic N) is 4. The van der Waals surface area contributed by atoms with Crippen LogP contribution < -0.4 is 10.2 Å². The molecule has 0 radical (unpaired) electrons. The van der Waals surface area contributed by atoms with Crippen LogP contribution in [0, 0.1) is 5.92 Å². The van der Waals surface area contributed by atoms with Gasteiger partial charge in [0.25, 0.3) is 0 Å². The summed E-state index contributed by atoms with van der Waals surface area (Å²) in [5.74, 6) is 0.277. The van der Waals surface area contributed by atoms with Gasteiger partial charge in [0.2, 0.25) is 5.95 Å². The molecule has 1 saturated heterocycles. The van der Waals surface area contributed by atoms with Gasteiger partial charge < -0.3 is 19.9 Å². The van der Waals surface area contributed by atoms with E-state index >= 15 is 0 Å². The lowest BCUT2D eigenvalue weighted by Crippen LogP contribution is -2.38. The molecule has 0 aliphatic carbocycles. The van der Waals surface area contributed by atoms with Crippen molar-refractivity contribution in [2.24, 2.45) is 13.0 Å². The summed E-state index contributed by atoms with van der Waals surface area (Å²) in [5, 5.41) is 13.9. The lowest BCUT2D eigenvalue weighted by atomic mass is 9.97. The number of anilines is 1. The molecule has 0 bridgehead atoms. The maximum absolute atomic E-state index is 10.9. The Kier molecular flexibility index (Phi) is 5.76. The maximum atomic E-state index is 10.9. The van der Waals surface area contributed by atoms with Crippen LogP contribution in [0.1, 0.15) is 28.8 Å². The number of carbonyl (C=O) groups is 1. The molecule has 1 fully saturated rings. The number of aryl methyl sites for hydroxylation is 1. The molecule has 3 aromatic rings. The first-order chi connectivity index (χ1) is 14.1. The van der Waals surface area contributed by atoms with Crippen LogP contribution in [0.25, 0.3) is 10.9 Å². The summed E-state index contributed by atoms with van der Waals surface area (Å²) in [6.45, 7) is 3.82. The quantitative estimate of drug-likeness (QED) is 0.601. The highest BCUT2D eigenvalue weighted by Crippen LogP contribution is 2.21. The molecule has 1 aromatic carbocycles. The highest BCUT2D eigenvalue weighted by molar-refractivity contribution is 5.86. The molecule has 152 valence electrons. The molecule has 3 heterocycles. The number of aromatic carboxylic acids is 1. The predicted octanol–water partition coefficient (Wildman–Crippen LogP) is 2.72. The number of nitrogens with one attached hydrogen (secondary N) is 1. The van der Waals surface area contributed by atoms with Crippen molar-refractivity contribution in [1.82, 2.24) is 19.9 Å². The molecular weight excluding hydrogens is 366 g/mol. The number of aromatic nitrogens is 3. The maximum Gasteiger partial charge on any atom is 0.338 e. The van der Waals surface area contributed by atoms with Crippen molar-refractivity contribution in [2.75, 3.05) is 31.1 Å². The van der Waals surface area contributed by atoms with Crippen LogP contribution in [-0.2, 0) is 13.5 Å². The van der Waals surface area contributed by atoms with E-state index in [-0.39, 0.29) is 5.56 Å². The molecule has 7 nitrogen and oxygen atoms in total. The molecule has 7 heteroatoms. The number of benzene rings is 1. The van der Waals surface area contributed by atoms with Gasteiger partial charge in [0, 0.05) is 49.6 Å². The fourth-order valence-corrected chi connectivity index (χ4v) is 4.09. The number of carboxylic acids is 1. The normalized spacial score (nSPS) is 15.1. The Balaban J connectivity index is 1.21. The van der Waals surface area contributed by atoms with E-state index in [2.05, 4.69) is 62.3 Å². The van der Waals surface area contributed by atoms with Gasteiger partial charge in [0.1, 0.15) is 0 Å². The standard InChI is InChI=1S/C22H27N5O2/c1-26-15-17(19-4-2-3-5-20(19)26)6-9-23-12-16-7-10-27(11-8-16)22-24-13-18(14-25-22)21(28)29/h2-5,13-16,23H,6-12H2,1H3,(H,28,29). The minimum atomic E-state index is -0.996. The summed E-state index contributed by atoms with van der Waals surface area (Å²) in [4.78, 5) is 21.5. The highest BCUT2D eigenvalue weighted by atomic mass is 16.4. The van der Waals surface area contributed by atoms with E-state index in [4.69, 9.17) is 5.11 Å². The number of hydrogen-bond acceptors (Lipinski definition) is 5. The fraction of sp³-hybridized carbons (Fsp3) is 0.409. The fourth-order valence-electron chi connectivity index (χ4n) is 4.09. The number of carboxylic acid groups (broad SMARTS) is 1. The second kappa shape index (κ2) is 8.61. The lowest BCUT2D eigenvalue weighted by molar-refractivity contribution is 0.0696. The van der Waals surface area contributed by atoms with Crippen LogP contribution >= 0.6 is 0 Å². The number of hydrogen-bond donors (Lipinski definition) is 2. The SMILES string of the molecule is Cn1cc(CCNCC2CCN(c3ncc(C(=O)O)cn3)CC2)c2ccccc21. The van der Waals surface area contributed by atoms with Crippen molar-refractivity contribution in [2.45, 2.75) is 19.3 Å². The van der Waals surface area contributed by atoms with E-state index in [1.54, 1.807) is 0 Å². The van der Waals surface area contributed by atoms with Crippen LogP contribution in [0.5, 0.6) is 0 Å². The zero-order valence-corrected chi connectivity index (χ0v) is 16.7. The number of para-hydroxylation sites is 1. The Labute approximate surface area is 170 Å². The zero-order valence-electron chi connectivity index (χ0n) is 16.7. The van der Waals surface area contributed by atoms with E-state index in [1.807, 2.05) is 0 Å². The Morgan fingerprint density at radius 3 is 2.66 bits per heavy atom. The summed E-state index contributed by atoms with van der Waals surface area (Å²) in [6.07, 6.45) is 8.21. The van der Waals surface area contributed by atoms with Gasteiger partial charge >= 0.3 is 5.97 Å². The average molecular weight is 393 g/mol. The van der Waals surface area contributed by atoms with Crippen LogP contribution in [0.15, 0.2) is 42.9 Å². The molecule has 4 rings (SSSR count). The van der Waals surface area contributed by atoms with E-state index in [0.29, 0.717) is 11.9 Å². The highest BCUT2D eigenvalue weighted by Gasteiger charge is 2.21. The Morgan fingerprint density at radius 2 is 1.93 bits per heavy atom. The summed E-state index contributed by atoms with van der Waals surface area (Å²) in [6, 6.07) is 8.55. The third-order valence-corrected chi connectivity index (χ3v) is 5.77. The summed E-state index contributed by atoms with van der Waals surface area (Å²) >= 11 is 0. The van der Waals surface area contributed by atoms with Crippen molar-refractivity contribution in [3.05, 3.63) is 54.0 Å². The molecule has 0 saturated carbocycles. The minimum absolute atomic E-state index is 0.124. The molecule has 2 N–H and O–H groups in total. The first kappa shape index (κ1) is 19.4. The average Bonchev–Trinajstić information content (AvgIpc) is 3.08. The van der Waals surface area contributed by atoms with Crippen molar-refractivity contribution < 1.29 is 9.90 Å². The van der Waals surface area contributed by atoms with E-state index in [0.717, 1.165) is 45.4 Å². The Hall–Kier alpha value is -2.93. The van der Waals surface area contributed by atoms with Crippen molar-refractivity contribution >= 4 is 22.8 Å². The first-order valence-electron chi connectivity index (χ1n) is 10.2. The van der Waals surface area contributed by atoms with E-state index < -0.39 is 5.97 Å². The third kappa shape index (κ3) is 4.40. The van der Waals surface area contributed by atoms with Crippen LogP contribution in [0.4, 0.5) is 5.95 Å². The first-order valence-corrected chi connectivity index (χ1v) is 10.2. The van der Waals surface area contributed by atoms with Crippen molar-refractivity contribution in [1.29, 1.82) is 0 Å². The lowest BCUT2D eigenvalue weighted by Gasteiger charge is -2.32. The van der Waals surface area contributed by atoms with Gasteiger partial charge in [-0.15, -0.1) is 0 Å². The predicted molar refractivity (Wildman–Crippen MR) is 113 cm³/mol. The number of rotatable bonds is 7. The second-order valence-corrected chi connectivity index (χ2v) is 7.74. The number of fused-ring (bicyclic) bond motifs is 1. The summed E-state index contributed by atoms with van der Waals surface area (Å²) in [5.41, 5.74) is 2.81. The second-order valence-electron chi connectivity index (χ2n) is 7.74. The van der Waals surface area contributed by atoms with Crippen molar-refractivity contribution in [3.8, 4) is 0 Å². The van der Waals surface area contributed by atoms with Gasteiger partial charge in [-0.1, -0.05) is 18.2 Å². The van der Waals surface area contributed by atoms with Gasteiger partial charge in [0.15, 0.2) is 0 Å². The van der Waals surface area contributed by atoms with Crippen LogP contribution in [-0.4, -0.2) is 51.8 Å². The largest absolute Gasteiger partial charge is 0.478 e. The van der Waals surface area contributed by atoms with Crippen molar-refractivity contribution in [3.63, 3.8) is 0 Å². The summed E-state index contributed by atoms with van der Waals surface area (Å²) < 4.78 is 2.20. The molecule has 0 unspecified atom stereocenters. The third-order valence-electron chi connectivity index (χ3n) is 5.77. The molecule has 0 spiro atoms. The molecule has 1 aliphatic heterocycles. The molecular formula is C22H27N5O2. The Morgan fingerprint density at radius 1 is 1.21 bits per heavy atom. The molecule has 0 amide bonds. The molecule has 2 aromatic heterocycles. The van der Waals surface area contributed by atoms with Gasteiger partial charge in [-0.05, 0) is 49.9 Å². The van der Waals surface area contributed by atoms with Gasteiger partial charge in [0.05, 0.1) is 5.56 Å². The molecule has 29 heavy (non-hydrogen) atoms. The summed E-state index contributed by atoms with van der Waals surface area (Å²) in [7, 11) is 2.10. The Bertz CT molecular complexity index is 975. The van der Waals surface area contributed by atoms with Gasteiger partial charge in [-0.25, -0.2) is 14.8 Å². The minimum Gasteiger partial charge on any atom is -0.478 e.